The molecule has 0 spiro atoms. The molecule has 1 aromatic rings. The Balaban J connectivity index is 1.65. The summed E-state index contributed by atoms with van der Waals surface area (Å²) in [5.41, 5.74) is 2.59. The van der Waals surface area contributed by atoms with Crippen LogP contribution in [-0.2, 0) is 6.54 Å². The molecule has 21 heavy (non-hydrogen) atoms. The second kappa shape index (κ2) is 6.67. The predicted octanol–water partition coefficient (Wildman–Crippen LogP) is 3.16. The van der Waals surface area contributed by atoms with Crippen LogP contribution >= 0.6 is 15.9 Å². The molecule has 0 aromatic heterocycles. The summed E-state index contributed by atoms with van der Waals surface area (Å²) in [6, 6.07) is 6.67. The monoisotopic (exact) mass is 352 g/mol. The number of aliphatic hydroxyl groups is 1. The molecule has 3 unspecified atom stereocenters. The van der Waals surface area contributed by atoms with Gasteiger partial charge >= 0.3 is 0 Å². The van der Waals surface area contributed by atoms with E-state index in [9.17, 15) is 5.11 Å². The lowest BCUT2D eigenvalue weighted by Crippen LogP contribution is -2.24. The third-order valence-electron chi connectivity index (χ3n) is 4.96. The third kappa shape index (κ3) is 3.27. The molecule has 4 heteroatoms. The van der Waals surface area contributed by atoms with Crippen LogP contribution in [0.15, 0.2) is 22.7 Å². The van der Waals surface area contributed by atoms with Gasteiger partial charge in [0.25, 0.3) is 0 Å². The molecule has 2 fully saturated rings. The Morgan fingerprint density at radius 2 is 2.19 bits per heavy atom. The van der Waals surface area contributed by atoms with Gasteiger partial charge in [-0.15, -0.1) is 0 Å². The molecule has 1 aliphatic carbocycles. The summed E-state index contributed by atoms with van der Waals surface area (Å²) in [5.74, 6) is 1.17. The summed E-state index contributed by atoms with van der Waals surface area (Å²) < 4.78 is 1.18. The van der Waals surface area contributed by atoms with Gasteiger partial charge in [-0.1, -0.05) is 28.9 Å². The number of hydrogen-bond acceptors (Lipinski definition) is 3. The first kappa shape index (κ1) is 15.3. The molecule has 2 N–H and O–H groups in total. The van der Waals surface area contributed by atoms with Gasteiger partial charge in [-0.3, -0.25) is 0 Å². The first-order valence-corrected chi connectivity index (χ1v) is 8.90. The molecule has 1 saturated carbocycles. The molecule has 3 atom stereocenters. The zero-order valence-electron chi connectivity index (χ0n) is 12.7. The number of benzene rings is 1. The van der Waals surface area contributed by atoms with Crippen LogP contribution in [0.3, 0.4) is 0 Å². The fraction of sp³-hybridized carbons (Fsp3) is 0.647. The van der Waals surface area contributed by atoms with Gasteiger partial charge in [-0.05, 0) is 49.4 Å². The maximum atomic E-state index is 10.0. The normalized spacial score (nSPS) is 28.1. The summed E-state index contributed by atoms with van der Waals surface area (Å²) in [5, 5.41) is 13.5. The number of hydrogen-bond donors (Lipinski definition) is 2. The summed E-state index contributed by atoms with van der Waals surface area (Å²) in [6.45, 7) is 6.26. The first-order chi connectivity index (χ1) is 10.2. The summed E-state index contributed by atoms with van der Waals surface area (Å²) in [6.07, 6.45) is 3.26. The highest BCUT2D eigenvalue weighted by Crippen LogP contribution is 2.40. The van der Waals surface area contributed by atoms with E-state index < -0.39 is 0 Å². The van der Waals surface area contributed by atoms with E-state index in [1.54, 1.807) is 0 Å². The summed E-state index contributed by atoms with van der Waals surface area (Å²) >= 11 is 3.70. The van der Waals surface area contributed by atoms with Gasteiger partial charge in [0, 0.05) is 35.7 Å². The Labute approximate surface area is 135 Å². The maximum absolute atomic E-state index is 10.0. The molecule has 1 saturated heterocycles. The predicted molar refractivity (Wildman–Crippen MR) is 90.6 cm³/mol. The molecule has 1 aromatic carbocycles. The van der Waals surface area contributed by atoms with Crippen molar-refractivity contribution in [3.8, 4) is 0 Å². The van der Waals surface area contributed by atoms with Crippen LogP contribution in [-0.4, -0.2) is 30.8 Å². The molecule has 2 aliphatic rings. The maximum Gasteiger partial charge on any atom is 0.0588 e. The fourth-order valence-electron chi connectivity index (χ4n) is 3.72. The second-order valence-electron chi connectivity index (χ2n) is 6.43. The summed E-state index contributed by atoms with van der Waals surface area (Å²) in [7, 11) is 0. The van der Waals surface area contributed by atoms with Crippen molar-refractivity contribution < 1.29 is 5.11 Å². The van der Waals surface area contributed by atoms with E-state index in [0.717, 1.165) is 39.0 Å². The Kier molecular flexibility index (Phi) is 4.87. The van der Waals surface area contributed by atoms with E-state index in [0.29, 0.717) is 11.8 Å². The summed E-state index contributed by atoms with van der Waals surface area (Å²) in [4.78, 5) is 2.44. The molecule has 1 aliphatic heterocycles. The number of aliphatic hydroxyl groups excluding tert-OH is 1. The zero-order valence-corrected chi connectivity index (χ0v) is 14.3. The minimum Gasteiger partial charge on any atom is -0.393 e. The average molecular weight is 353 g/mol. The number of nitrogens with zero attached hydrogens (tertiary/aromatic N) is 1. The van der Waals surface area contributed by atoms with Crippen LogP contribution in [0.2, 0.25) is 0 Å². The third-order valence-corrected chi connectivity index (χ3v) is 5.70. The molecule has 0 radical (unpaired) electrons. The highest BCUT2D eigenvalue weighted by Gasteiger charge is 2.41. The van der Waals surface area contributed by atoms with Crippen molar-refractivity contribution >= 4 is 21.6 Å². The Hall–Kier alpha value is -0.580. The van der Waals surface area contributed by atoms with Crippen LogP contribution in [0, 0.1) is 11.8 Å². The topological polar surface area (TPSA) is 35.5 Å². The van der Waals surface area contributed by atoms with E-state index in [1.807, 2.05) is 0 Å². The molecule has 116 valence electrons. The van der Waals surface area contributed by atoms with Crippen molar-refractivity contribution in [2.24, 2.45) is 11.8 Å². The van der Waals surface area contributed by atoms with Gasteiger partial charge < -0.3 is 15.3 Å². The minimum atomic E-state index is -0.0824. The fourth-order valence-corrected chi connectivity index (χ4v) is 4.23. The van der Waals surface area contributed by atoms with Crippen molar-refractivity contribution in [1.82, 2.24) is 5.32 Å². The molecular weight excluding hydrogens is 328 g/mol. The van der Waals surface area contributed by atoms with E-state index in [4.69, 9.17) is 0 Å². The second-order valence-corrected chi connectivity index (χ2v) is 7.28. The molecule has 0 amide bonds. The number of fused-ring (bicyclic) bond motifs is 1. The lowest BCUT2D eigenvalue weighted by atomic mass is 10.00. The van der Waals surface area contributed by atoms with Crippen molar-refractivity contribution in [2.45, 2.75) is 38.8 Å². The largest absolute Gasteiger partial charge is 0.393 e. The number of anilines is 1. The van der Waals surface area contributed by atoms with Gasteiger partial charge in [0.1, 0.15) is 0 Å². The molecule has 1 heterocycles. The lowest BCUT2D eigenvalue weighted by molar-refractivity contribution is 0.133. The van der Waals surface area contributed by atoms with E-state index in [-0.39, 0.29) is 6.10 Å². The lowest BCUT2D eigenvalue weighted by Gasteiger charge is -2.21. The first-order valence-electron chi connectivity index (χ1n) is 8.11. The molecule has 3 rings (SSSR count). The van der Waals surface area contributed by atoms with Crippen molar-refractivity contribution in [2.75, 3.05) is 24.5 Å². The zero-order chi connectivity index (χ0) is 14.8. The van der Waals surface area contributed by atoms with E-state index in [2.05, 4.69) is 51.3 Å². The van der Waals surface area contributed by atoms with Crippen molar-refractivity contribution in [3.63, 3.8) is 0 Å². The number of nitrogens with one attached hydrogen (secondary N) is 1. The highest BCUT2D eigenvalue weighted by molar-refractivity contribution is 9.10. The minimum absolute atomic E-state index is 0.0824. The smallest absolute Gasteiger partial charge is 0.0588 e. The Morgan fingerprint density at radius 1 is 1.33 bits per heavy atom. The van der Waals surface area contributed by atoms with E-state index in [1.165, 1.54) is 22.1 Å². The van der Waals surface area contributed by atoms with Gasteiger partial charge in [0.2, 0.25) is 0 Å². The highest BCUT2D eigenvalue weighted by atomic mass is 79.9. The van der Waals surface area contributed by atoms with Gasteiger partial charge in [-0.25, -0.2) is 0 Å². The van der Waals surface area contributed by atoms with Crippen LogP contribution in [0.4, 0.5) is 5.69 Å². The van der Waals surface area contributed by atoms with E-state index >= 15 is 0 Å². The van der Waals surface area contributed by atoms with Crippen LogP contribution in [0.25, 0.3) is 0 Å². The van der Waals surface area contributed by atoms with Crippen LogP contribution in [0.1, 0.15) is 31.7 Å². The molecular formula is C17H25BrN2O. The Morgan fingerprint density at radius 3 is 2.90 bits per heavy atom. The number of halogens is 1. The molecule has 0 bridgehead atoms. The standard InChI is InChI=1S/C17H25BrN2O/c1-2-7-19-9-12-3-5-14(8-16(12)18)20-10-13-4-6-17(21)15(13)11-20/h3,5,8,13,15,17,19,21H,2,4,6-7,9-11H2,1H3. The molecule has 3 nitrogen and oxygen atoms in total. The van der Waals surface area contributed by atoms with Gasteiger partial charge in [-0.2, -0.15) is 0 Å². The van der Waals surface area contributed by atoms with Crippen molar-refractivity contribution in [1.29, 1.82) is 0 Å². The van der Waals surface area contributed by atoms with Crippen LogP contribution < -0.4 is 10.2 Å². The van der Waals surface area contributed by atoms with Gasteiger partial charge in [0.05, 0.1) is 6.10 Å². The Bertz CT molecular complexity index is 494. The SMILES string of the molecule is CCCNCc1ccc(N2CC3CCC(O)C3C2)cc1Br. The average Bonchev–Trinajstić information content (AvgIpc) is 3.03. The quantitative estimate of drug-likeness (QED) is 0.799. The van der Waals surface area contributed by atoms with Gasteiger partial charge in [0.15, 0.2) is 0 Å². The number of rotatable bonds is 5. The van der Waals surface area contributed by atoms with Crippen molar-refractivity contribution in [3.05, 3.63) is 28.2 Å². The van der Waals surface area contributed by atoms with Crippen LogP contribution in [0.5, 0.6) is 0 Å².